The highest BCUT2D eigenvalue weighted by atomic mass is 28.4. The number of allylic oxidation sites excluding steroid dienone is 4. The molecule has 7 atom stereocenters. The van der Waals surface area contributed by atoms with Crippen LogP contribution in [-0.4, -0.2) is 39.8 Å². The third kappa shape index (κ3) is 9.64. The highest BCUT2D eigenvalue weighted by Crippen LogP contribution is 2.38. The molecule has 0 spiro atoms. The molecule has 0 saturated carbocycles. The number of benzene rings is 2. The summed E-state index contributed by atoms with van der Waals surface area (Å²) in [5.41, 5.74) is 2.59. The summed E-state index contributed by atoms with van der Waals surface area (Å²) in [6.45, 7) is 20.3. The average Bonchev–Trinajstić information content (AvgIpc) is 3.01. The van der Waals surface area contributed by atoms with Gasteiger partial charge in [-0.05, 0) is 72.9 Å². The van der Waals surface area contributed by atoms with Gasteiger partial charge in [-0.1, -0.05) is 132 Å². The van der Waals surface area contributed by atoms with Crippen molar-refractivity contribution in [3.63, 3.8) is 0 Å². The molecule has 250 valence electrons. The topological polar surface area (TPSA) is 51.5 Å². The first-order valence-corrected chi connectivity index (χ1v) is 19.1. The van der Waals surface area contributed by atoms with E-state index in [2.05, 4.69) is 153 Å². The zero-order chi connectivity index (χ0) is 33.9. The molecule has 1 saturated heterocycles. The third-order valence-corrected chi connectivity index (χ3v) is 14.7. The number of hydrogen-bond acceptors (Lipinski definition) is 4. The van der Waals surface area contributed by atoms with E-state index < -0.39 is 8.32 Å². The van der Waals surface area contributed by atoms with Gasteiger partial charge in [0.1, 0.15) is 0 Å². The number of nitrogens with zero attached hydrogens (tertiary/aromatic N) is 1. The van der Waals surface area contributed by atoms with Crippen molar-refractivity contribution in [1.82, 2.24) is 0 Å². The fourth-order valence-corrected chi connectivity index (χ4v) is 12.1. The summed E-state index contributed by atoms with van der Waals surface area (Å²) >= 11 is 0. The van der Waals surface area contributed by atoms with Gasteiger partial charge in [0.05, 0.1) is 36.9 Å². The molecule has 0 aromatic heterocycles. The molecule has 2 aromatic rings. The maximum Gasteiger partial charge on any atom is 0.261 e. The highest BCUT2D eigenvalue weighted by Gasteiger charge is 2.51. The fourth-order valence-electron chi connectivity index (χ4n) is 7.37. The van der Waals surface area contributed by atoms with E-state index in [9.17, 15) is 0 Å². The monoisotopic (exact) mass is 641 g/mol. The molecule has 0 radical (unpaired) electrons. The second-order valence-corrected chi connectivity index (χ2v) is 18.9. The van der Waals surface area contributed by atoms with Crippen molar-refractivity contribution in [3.05, 3.63) is 96.1 Å². The number of rotatable bonds is 14. The molecule has 46 heavy (non-hydrogen) atoms. The Kier molecular flexibility index (Phi) is 14.3. The largest absolute Gasteiger partial charge is 0.402 e. The lowest BCUT2D eigenvalue weighted by Crippen LogP contribution is -2.68. The van der Waals surface area contributed by atoms with E-state index in [1.165, 1.54) is 21.5 Å². The van der Waals surface area contributed by atoms with E-state index in [1.807, 2.05) is 7.11 Å². The van der Waals surface area contributed by atoms with Crippen molar-refractivity contribution in [2.45, 2.75) is 117 Å². The number of ether oxygens (including phenoxy) is 2. The van der Waals surface area contributed by atoms with E-state index in [-0.39, 0.29) is 35.4 Å². The molecule has 0 bridgehead atoms. The Bertz CT molecular complexity index is 1300. The first-order chi connectivity index (χ1) is 21.8. The first kappa shape index (κ1) is 37.7. The molecule has 1 heterocycles. The van der Waals surface area contributed by atoms with Gasteiger partial charge in [0.2, 0.25) is 0 Å². The smallest absolute Gasteiger partial charge is 0.261 e. The van der Waals surface area contributed by atoms with Crippen LogP contribution in [0.2, 0.25) is 5.04 Å². The Balaban J connectivity index is 1.73. The minimum atomic E-state index is -2.69. The van der Waals surface area contributed by atoms with Crippen molar-refractivity contribution in [3.8, 4) is 6.07 Å². The van der Waals surface area contributed by atoms with E-state index in [0.717, 1.165) is 19.3 Å². The molecule has 1 aliphatic rings. The quantitative estimate of drug-likeness (QED) is 0.117. The zero-order valence-corrected chi connectivity index (χ0v) is 31.1. The summed E-state index contributed by atoms with van der Waals surface area (Å²) in [5, 5.41) is 11.6. The molecule has 2 aromatic carbocycles. The second kappa shape index (κ2) is 17.4. The van der Waals surface area contributed by atoms with Gasteiger partial charge in [-0.15, -0.1) is 0 Å². The van der Waals surface area contributed by atoms with Crippen molar-refractivity contribution in [2.75, 3.05) is 7.11 Å². The van der Waals surface area contributed by atoms with Crippen LogP contribution in [0.25, 0.3) is 0 Å². The van der Waals surface area contributed by atoms with Gasteiger partial charge in [0.15, 0.2) is 0 Å². The standard InChI is InChI=1S/C41H59NO3Si/c1-30(18-17-19-32(3)39-33(4)24-25-36(44-39)26-27-42)28-31(2)29-34(5)40(43-10)35(6)45-46(41(7,8)9,37-20-13-11-14-21-37)38-22-15-12-16-23-38/h11-23,29-30,33-36,39-40H,24-26,28H2,1-10H3/b18-17+,31-29+,32-19+/t30-,33+,34+,35+,36-,39-,40-/m1/s1. The third-order valence-electron chi connectivity index (χ3n) is 9.59. The molecule has 0 aliphatic carbocycles. The van der Waals surface area contributed by atoms with E-state index in [0.29, 0.717) is 18.3 Å². The summed E-state index contributed by atoms with van der Waals surface area (Å²) in [7, 11) is -0.877. The van der Waals surface area contributed by atoms with Crippen LogP contribution in [0, 0.1) is 29.1 Å². The van der Waals surface area contributed by atoms with Crippen molar-refractivity contribution < 1.29 is 13.9 Å². The minimum Gasteiger partial charge on any atom is -0.402 e. The second-order valence-electron chi connectivity index (χ2n) is 14.6. The number of hydrogen-bond donors (Lipinski definition) is 0. The van der Waals surface area contributed by atoms with Crippen molar-refractivity contribution in [2.24, 2.45) is 17.8 Å². The SMILES string of the molecule is CO[C@@H]([C@H](C)O[Si](c1ccccc1)(c1ccccc1)C(C)(C)C)[C@@H](C)/C=C(\C)C[C@H](C)/C=C/C=C(\C)[C@H]1O[C@@H](CC#N)CC[C@@H]1C. The van der Waals surface area contributed by atoms with Crippen LogP contribution >= 0.6 is 0 Å². The Labute approximate surface area is 281 Å². The summed E-state index contributed by atoms with van der Waals surface area (Å²) in [6, 6.07) is 23.9. The first-order valence-electron chi connectivity index (χ1n) is 17.2. The molecule has 4 nitrogen and oxygen atoms in total. The molecule has 0 N–H and O–H groups in total. The summed E-state index contributed by atoms with van der Waals surface area (Å²) in [5.74, 6) is 1.05. The molecule has 3 rings (SSSR count). The molecule has 1 fully saturated rings. The Morgan fingerprint density at radius 1 is 1.00 bits per heavy atom. The number of nitriles is 1. The maximum absolute atomic E-state index is 9.10. The summed E-state index contributed by atoms with van der Waals surface area (Å²) in [6.07, 6.45) is 12.5. The Morgan fingerprint density at radius 3 is 2.11 bits per heavy atom. The summed E-state index contributed by atoms with van der Waals surface area (Å²) in [4.78, 5) is 0. The summed E-state index contributed by atoms with van der Waals surface area (Å²) < 4.78 is 19.9. The van der Waals surface area contributed by atoms with E-state index in [1.54, 1.807) is 0 Å². The van der Waals surface area contributed by atoms with Gasteiger partial charge in [0.25, 0.3) is 8.32 Å². The average molecular weight is 642 g/mol. The van der Waals surface area contributed by atoms with Gasteiger partial charge in [-0.3, -0.25) is 0 Å². The van der Waals surface area contributed by atoms with Gasteiger partial charge >= 0.3 is 0 Å². The molecular weight excluding hydrogens is 583 g/mol. The van der Waals surface area contributed by atoms with Gasteiger partial charge in [-0.2, -0.15) is 5.26 Å². The van der Waals surface area contributed by atoms with Gasteiger partial charge in [-0.25, -0.2) is 0 Å². The predicted molar refractivity (Wildman–Crippen MR) is 196 cm³/mol. The zero-order valence-electron chi connectivity index (χ0n) is 30.1. The van der Waals surface area contributed by atoms with Gasteiger partial charge in [0, 0.05) is 13.0 Å². The Hall–Kier alpha value is -2.75. The lowest BCUT2D eigenvalue weighted by atomic mass is 9.88. The lowest BCUT2D eigenvalue weighted by molar-refractivity contribution is -0.0565. The minimum absolute atomic E-state index is 0.0557. The van der Waals surface area contributed by atoms with Crippen LogP contribution in [0.4, 0.5) is 0 Å². The Morgan fingerprint density at radius 2 is 1.59 bits per heavy atom. The van der Waals surface area contributed by atoms with Crippen LogP contribution in [-0.2, 0) is 13.9 Å². The fraction of sp³-hybridized carbons (Fsp3) is 0.537. The van der Waals surface area contributed by atoms with Gasteiger partial charge < -0.3 is 13.9 Å². The van der Waals surface area contributed by atoms with Crippen LogP contribution in [0.1, 0.15) is 88.0 Å². The molecular formula is C41H59NO3Si. The van der Waals surface area contributed by atoms with E-state index >= 15 is 0 Å². The molecule has 5 heteroatoms. The normalized spacial score (nSPS) is 22.7. The molecule has 0 unspecified atom stereocenters. The highest BCUT2D eigenvalue weighted by molar-refractivity contribution is 6.99. The molecule has 0 amide bonds. The van der Waals surface area contributed by atoms with Crippen LogP contribution in [0.3, 0.4) is 0 Å². The van der Waals surface area contributed by atoms with Crippen molar-refractivity contribution in [1.29, 1.82) is 5.26 Å². The van der Waals surface area contributed by atoms with Crippen LogP contribution < -0.4 is 10.4 Å². The maximum atomic E-state index is 9.10. The predicted octanol–water partition coefficient (Wildman–Crippen LogP) is 9.17. The van der Waals surface area contributed by atoms with E-state index in [4.69, 9.17) is 19.2 Å². The van der Waals surface area contributed by atoms with Crippen LogP contribution in [0.15, 0.2) is 96.1 Å². The van der Waals surface area contributed by atoms with Crippen LogP contribution in [0.5, 0.6) is 0 Å². The lowest BCUT2D eigenvalue weighted by Gasteiger charge is -2.46. The van der Waals surface area contributed by atoms with Crippen molar-refractivity contribution >= 4 is 18.7 Å². The molecule has 1 aliphatic heterocycles. The number of methoxy groups -OCH3 is 1.